The summed E-state index contributed by atoms with van der Waals surface area (Å²) in [6.07, 6.45) is 3.28. The third kappa shape index (κ3) is 5.36. The van der Waals surface area contributed by atoms with Crippen LogP contribution in [0.1, 0.15) is 0 Å². The molecular formula is C52H36N2O. The monoisotopic (exact) mass is 704 g/mol. The van der Waals surface area contributed by atoms with Gasteiger partial charge in [0.1, 0.15) is 11.2 Å². The van der Waals surface area contributed by atoms with E-state index in [0.29, 0.717) is 0 Å². The average Bonchev–Trinajstić information content (AvgIpc) is 3.91. The first kappa shape index (κ1) is 32.3. The molecule has 0 spiro atoms. The number of hydrogen-bond donors (Lipinski definition) is 0. The summed E-state index contributed by atoms with van der Waals surface area (Å²) in [6, 6.07) is 65.5. The number of aromatic nitrogens is 2. The molecule has 260 valence electrons. The van der Waals surface area contributed by atoms with Gasteiger partial charge < -0.3 is 13.6 Å². The van der Waals surface area contributed by atoms with Gasteiger partial charge in [0.15, 0.2) is 0 Å². The molecule has 0 unspecified atom stereocenters. The van der Waals surface area contributed by atoms with E-state index in [-0.39, 0.29) is 0 Å². The Morgan fingerprint density at radius 1 is 0.327 bits per heavy atom. The number of para-hydroxylation sites is 3. The van der Waals surface area contributed by atoms with Crippen molar-refractivity contribution in [3.8, 4) is 33.6 Å². The molecule has 0 saturated carbocycles. The molecule has 3 heteroatoms. The number of rotatable bonds is 5. The number of benzene rings is 8. The van der Waals surface area contributed by atoms with Crippen molar-refractivity contribution >= 4 is 65.6 Å². The Bertz CT molecular complexity index is 3170. The molecule has 11 aromatic rings. The van der Waals surface area contributed by atoms with Gasteiger partial charge in [0.05, 0.1) is 22.1 Å². The fraction of sp³-hybridized carbons (Fsp3) is 0. The second kappa shape index (κ2) is 13.2. The minimum absolute atomic E-state index is 0.892. The maximum Gasteiger partial charge on any atom is 0.135 e. The van der Waals surface area contributed by atoms with Gasteiger partial charge in [-0.05, 0) is 95.1 Å². The largest absolute Gasteiger partial charge is 0.456 e. The van der Waals surface area contributed by atoms with Crippen molar-refractivity contribution in [2.45, 2.75) is 0 Å². The third-order valence-corrected chi connectivity index (χ3v) is 10.7. The Kier molecular flexibility index (Phi) is 7.78. The van der Waals surface area contributed by atoms with E-state index in [1.165, 1.54) is 65.9 Å². The highest BCUT2D eigenvalue weighted by Gasteiger charge is 2.17. The van der Waals surface area contributed by atoms with Crippen molar-refractivity contribution in [3.05, 3.63) is 207 Å². The van der Waals surface area contributed by atoms with E-state index in [1.54, 1.807) is 12.2 Å². The average molecular weight is 705 g/mol. The SMILES string of the molecule is C=CC=C.c1ccc(-c2ccc(-n3c4ccccc4c4cc(-c5ccc6oc7ccc(-n8c9ccccc9c9ccccc98)cc7c6c5)ccc43)cc2)cc1. The van der Waals surface area contributed by atoms with Crippen molar-refractivity contribution < 1.29 is 4.42 Å². The number of nitrogens with zero attached hydrogens (tertiary/aromatic N) is 2. The minimum atomic E-state index is 0.892. The lowest BCUT2D eigenvalue weighted by atomic mass is 10.0. The Labute approximate surface area is 318 Å². The molecule has 8 aromatic carbocycles. The highest BCUT2D eigenvalue weighted by molar-refractivity contribution is 6.12. The van der Waals surface area contributed by atoms with Crippen LogP contribution >= 0.6 is 0 Å². The summed E-state index contributed by atoms with van der Waals surface area (Å²) in [5.74, 6) is 0. The summed E-state index contributed by atoms with van der Waals surface area (Å²) in [7, 11) is 0. The number of hydrogen-bond acceptors (Lipinski definition) is 1. The molecule has 0 radical (unpaired) electrons. The van der Waals surface area contributed by atoms with E-state index < -0.39 is 0 Å². The maximum absolute atomic E-state index is 6.39. The van der Waals surface area contributed by atoms with Gasteiger partial charge in [-0.25, -0.2) is 0 Å². The minimum Gasteiger partial charge on any atom is -0.456 e. The van der Waals surface area contributed by atoms with Crippen molar-refractivity contribution in [2.24, 2.45) is 0 Å². The first-order valence-corrected chi connectivity index (χ1v) is 18.6. The Hall–Kier alpha value is -7.36. The van der Waals surface area contributed by atoms with Crippen molar-refractivity contribution in [3.63, 3.8) is 0 Å². The van der Waals surface area contributed by atoms with E-state index in [2.05, 4.69) is 204 Å². The molecule has 0 aliphatic heterocycles. The molecule has 0 amide bonds. The first-order chi connectivity index (χ1) is 27.2. The lowest BCUT2D eigenvalue weighted by Crippen LogP contribution is -1.93. The van der Waals surface area contributed by atoms with Gasteiger partial charge in [0.2, 0.25) is 0 Å². The van der Waals surface area contributed by atoms with Crippen molar-refractivity contribution in [1.82, 2.24) is 9.13 Å². The van der Waals surface area contributed by atoms with Crippen LogP contribution in [-0.2, 0) is 0 Å². The van der Waals surface area contributed by atoms with Gasteiger partial charge in [-0.2, -0.15) is 0 Å². The number of furan rings is 1. The molecule has 3 nitrogen and oxygen atoms in total. The summed E-state index contributed by atoms with van der Waals surface area (Å²) in [5, 5.41) is 7.23. The van der Waals surface area contributed by atoms with Gasteiger partial charge in [-0.3, -0.25) is 0 Å². The molecule has 0 aliphatic carbocycles. The zero-order valence-corrected chi connectivity index (χ0v) is 30.2. The van der Waals surface area contributed by atoms with E-state index in [9.17, 15) is 0 Å². The van der Waals surface area contributed by atoms with Crippen LogP contribution in [0.4, 0.5) is 0 Å². The van der Waals surface area contributed by atoms with E-state index >= 15 is 0 Å². The fourth-order valence-electron chi connectivity index (χ4n) is 8.15. The second-order valence-corrected chi connectivity index (χ2v) is 13.8. The van der Waals surface area contributed by atoms with Crippen molar-refractivity contribution in [1.29, 1.82) is 0 Å². The molecule has 0 bridgehead atoms. The lowest BCUT2D eigenvalue weighted by molar-refractivity contribution is 0.669. The first-order valence-electron chi connectivity index (χ1n) is 18.6. The summed E-state index contributed by atoms with van der Waals surface area (Å²) in [6.45, 7) is 6.72. The Morgan fingerprint density at radius 2 is 0.745 bits per heavy atom. The number of fused-ring (bicyclic) bond motifs is 9. The molecule has 3 aromatic heterocycles. The topological polar surface area (TPSA) is 23.0 Å². The summed E-state index contributed by atoms with van der Waals surface area (Å²) in [5.41, 5.74) is 13.6. The lowest BCUT2D eigenvalue weighted by Gasteiger charge is -2.10. The van der Waals surface area contributed by atoms with Crippen LogP contribution in [0.25, 0.3) is 99.2 Å². The van der Waals surface area contributed by atoms with Gasteiger partial charge in [-0.1, -0.05) is 135 Å². The fourth-order valence-corrected chi connectivity index (χ4v) is 8.15. The van der Waals surface area contributed by atoms with Gasteiger partial charge in [0.25, 0.3) is 0 Å². The third-order valence-electron chi connectivity index (χ3n) is 10.7. The van der Waals surface area contributed by atoms with E-state index in [4.69, 9.17) is 4.42 Å². The summed E-state index contributed by atoms with van der Waals surface area (Å²) < 4.78 is 11.1. The zero-order valence-electron chi connectivity index (χ0n) is 30.2. The van der Waals surface area contributed by atoms with Crippen LogP contribution < -0.4 is 0 Å². The zero-order chi connectivity index (χ0) is 36.9. The Balaban J connectivity index is 0.000000891. The number of allylic oxidation sites excluding steroid dienone is 2. The molecule has 55 heavy (non-hydrogen) atoms. The van der Waals surface area contributed by atoms with Crippen LogP contribution in [0, 0.1) is 0 Å². The smallest absolute Gasteiger partial charge is 0.135 e. The maximum atomic E-state index is 6.39. The molecule has 0 saturated heterocycles. The molecular weight excluding hydrogens is 669 g/mol. The van der Waals surface area contributed by atoms with Crippen LogP contribution in [0.15, 0.2) is 212 Å². The van der Waals surface area contributed by atoms with Crippen LogP contribution in [0.3, 0.4) is 0 Å². The normalized spacial score (nSPS) is 11.4. The highest BCUT2D eigenvalue weighted by atomic mass is 16.3. The summed E-state index contributed by atoms with van der Waals surface area (Å²) in [4.78, 5) is 0. The standard InChI is InChI=1S/C48H30N2O.C4H6/c1-2-10-31(11-3-1)32-18-22-35(23-19-32)49-45-17-9-6-14-39(45)40-28-33(20-25-46(40)49)34-21-26-47-41(29-34)42-30-36(24-27-48(42)51-47)50-43-15-7-4-12-37(43)38-13-5-8-16-44(38)50;1-3-4-2/h1-30H;3-4H,1-2H2. The molecule has 0 N–H and O–H groups in total. The van der Waals surface area contributed by atoms with Gasteiger partial charge in [0, 0.05) is 43.7 Å². The molecule has 0 aliphatic rings. The molecule has 0 atom stereocenters. The van der Waals surface area contributed by atoms with Gasteiger partial charge in [-0.15, -0.1) is 0 Å². The van der Waals surface area contributed by atoms with Crippen LogP contribution in [-0.4, -0.2) is 9.13 Å². The van der Waals surface area contributed by atoms with Crippen LogP contribution in [0.5, 0.6) is 0 Å². The van der Waals surface area contributed by atoms with Gasteiger partial charge >= 0.3 is 0 Å². The second-order valence-electron chi connectivity index (χ2n) is 13.8. The van der Waals surface area contributed by atoms with E-state index in [0.717, 1.165) is 33.3 Å². The quantitative estimate of drug-likeness (QED) is 0.164. The predicted octanol–water partition coefficient (Wildman–Crippen LogP) is 14.5. The summed E-state index contributed by atoms with van der Waals surface area (Å²) >= 11 is 0. The van der Waals surface area contributed by atoms with E-state index in [1.807, 2.05) is 0 Å². The molecule has 0 fully saturated rings. The Morgan fingerprint density at radius 3 is 1.36 bits per heavy atom. The van der Waals surface area contributed by atoms with Crippen molar-refractivity contribution in [2.75, 3.05) is 0 Å². The highest BCUT2D eigenvalue weighted by Crippen LogP contribution is 2.39. The van der Waals surface area contributed by atoms with Crippen LogP contribution in [0.2, 0.25) is 0 Å². The molecule has 11 rings (SSSR count). The predicted molar refractivity (Wildman–Crippen MR) is 234 cm³/mol. The molecule has 3 heterocycles.